The molecule has 0 aliphatic rings. The van der Waals surface area contributed by atoms with Crippen LogP contribution in [0.25, 0.3) is 0 Å². The number of hydrogen-bond donors (Lipinski definition) is 3. The largest absolute Gasteiger partial charge is 0.467 e. The monoisotopic (exact) mass is 348 g/mol. The summed E-state index contributed by atoms with van der Waals surface area (Å²) in [5.74, 6) is -0.716. The summed E-state index contributed by atoms with van der Waals surface area (Å²) in [5, 5.41) is 15.1. The summed E-state index contributed by atoms with van der Waals surface area (Å²) in [5.41, 5.74) is 0.535. The third-order valence-electron chi connectivity index (χ3n) is 3.56. The molecule has 1 aromatic carbocycles. The van der Waals surface area contributed by atoms with Crippen LogP contribution in [0.1, 0.15) is 30.8 Å². The molecule has 3 N–H and O–H groups in total. The predicted octanol–water partition coefficient (Wildman–Crippen LogP) is 1.71. The summed E-state index contributed by atoms with van der Waals surface area (Å²) in [6, 6.07) is 8.78. The Bertz CT molecular complexity index is 703. The van der Waals surface area contributed by atoms with Crippen molar-refractivity contribution in [2.45, 2.75) is 31.9 Å². The lowest BCUT2D eigenvalue weighted by Crippen LogP contribution is -2.41. The molecule has 0 aliphatic carbocycles. The number of halogens is 1. The summed E-state index contributed by atoms with van der Waals surface area (Å²) in [4.78, 5) is 23.6. The average Bonchev–Trinajstić information content (AvgIpc) is 3.07. The average molecular weight is 348 g/mol. The molecule has 0 spiro atoms. The van der Waals surface area contributed by atoms with Crippen LogP contribution in [-0.2, 0) is 16.0 Å². The van der Waals surface area contributed by atoms with Crippen molar-refractivity contribution in [3.63, 3.8) is 0 Å². The molecule has 7 heteroatoms. The van der Waals surface area contributed by atoms with Crippen LogP contribution in [0.4, 0.5) is 4.39 Å². The summed E-state index contributed by atoms with van der Waals surface area (Å²) in [7, 11) is 0. The maximum absolute atomic E-state index is 13.1. The number of aliphatic hydroxyl groups is 1. The van der Waals surface area contributed by atoms with E-state index in [2.05, 4.69) is 10.6 Å². The van der Waals surface area contributed by atoms with Crippen LogP contribution in [-0.4, -0.2) is 29.5 Å². The molecule has 6 nitrogen and oxygen atoms in total. The van der Waals surface area contributed by atoms with Gasteiger partial charge in [-0.15, -0.1) is 0 Å². The molecule has 0 radical (unpaired) electrons. The minimum atomic E-state index is -0.812. The number of amides is 2. The number of furan rings is 1. The molecule has 0 fully saturated rings. The number of carbonyl (C=O) groups is 2. The van der Waals surface area contributed by atoms with Crippen molar-refractivity contribution >= 4 is 11.8 Å². The zero-order valence-corrected chi connectivity index (χ0v) is 13.9. The topological polar surface area (TPSA) is 91.6 Å². The smallest absolute Gasteiger partial charge is 0.239 e. The molecule has 1 heterocycles. The molecule has 2 amide bonds. The van der Waals surface area contributed by atoms with Crippen molar-refractivity contribution in [2.75, 3.05) is 6.54 Å². The first-order chi connectivity index (χ1) is 11.9. The van der Waals surface area contributed by atoms with E-state index in [1.54, 1.807) is 25.1 Å². The second-order valence-electron chi connectivity index (χ2n) is 5.82. The first kappa shape index (κ1) is 18.7. The molecule has 0 saturated heterocycles. The second-order valence-corrected chi connectivity index (χ2v) is 5.82. The van der Waals surface area contributed by atoms with Crippen LogP contribution in [0, 0.1) is 5.82 Å². The van der Waals surface area contributed by atoms with Gasteiger partial charge in [-0.2, -0.15) is 0 Å². The van der Waals surface area contributed by atoms with E-state index < -0.39 is 11.9 Å². The Morgan fingerprint density at radius 2 is 2.04 bits per heavy atom. The van der Waals surface area contributed by atoms with E-state index in [0.29, 0.717) is 11.3 Å². The number of nitrogens with one attached hydrogen (secondary N) is 2. The molecule has 0 aliphatic heterocycles. The number of carbonyl (C=O) groups excluding carboxylic acids is 2. The highest BCUT2D eigenvalue weighted by Crippen LogP contribution is 2.18. The zero-order valence-electron chi connectivity index (χ0n) is 13.9. The molecule has 134 valence electrons. The third kappa shape index (κ3) is 6.39. The molecule has 2 rings (SSSR count). The van der Waals surface area contributed by atoms with Gasteiger partial charge >= 0.3 is 0 Å². The highest BCUT2D eigenvalue weighted by atomic mass is 19.1. The summed E-state index contributed by atoms with van der Waals surface area (Å²) < 4.78 is 18.2. The number of benzene rings is 1. The summed E-state index contributed by atoms with van der Waals surface area (Å²) in [6.45, 7) is 1.56. The molecule has 2 atom stereocenters. The van der Waals surface area contributed by atoms with Crippen molar-refractivity contribution < 1.29 is 23.5 Å². The van der Waals surface area contributed by atoms with E-state index in [9.17, 15) is 19.1 Å². The van der Waals surface area contributed by atoms with Gasteiger partial charge in [-0.3, -0.25) is 9.59 Å². The standard InChI is InChI=1S/C18H21FN2O4/c1-12(8-15(22)16-6-3-7-25-16)21-18(24)11-20-17(23)10-13-4-2-5-14(19)9-13/h2-7,9,12,15,22H,8,10-11H2,1H3,(H,20,23)(H,21,24). The molecule has 2 aromatic rings. The first-order valence-corrected chi connectivity index (χ1v) is 7.96. The van der Waals surface area contributed by atoms with Crippen LogP contribution >= 0.6 is 0 Å². The Morgan fingerprint density at radius 3 is 2.72 bits per heavy atom. The third-order valence-corrected chi connectivity index (χ3v) is 3.56. The van der Waals surface area contributed by atoms with Gasteiger partial charge in [0, 0.05) is 12.5 Å². The van der Waals surface area contributed by atoms with E-state index in [4.69, 9.17) is 4.42 Å². The minimum Gasteiger partial charge on any atom is -0.467 e. The molecular formula is C18H21FN2O4. The molecule has 1 aromatic heterocycles. The number of rotatable bonds is 8. The lowest BCUT2D eigenvalue weighted by molar-refractivity contribution is -0.126. The van der Waals surface area contributed by atoms with Gasteiger partial charge in [0.25, 0.3) is 0 Å². The lowest BCUT2D eigenvalue weighted by Gasteiger charge is -2.17. The van der Waals surface area contributed by atoms with E-state index in [0.717, 1.165) is 0 Å². The molecule has 2 unspecified atom stereocenters. The zero-order chi connectivity index (χ0) is 18.2. The van der Waals surface area contributed by atoms with Crippen LogP contribution in [0.3, 0.4) is 0 Å². The highest BCUT2D eigenvalue weighted by Gasteiger charge is 2.16. The Kier molecular flexibility index (Phi) is 6.71. The predicted molar refractivity (Wildman–Crippen MR) is 89.0 cm³/mol. The second kappa shape index (κ2) is 8.98. The van der Waals surface area contributed by atoms with Gasteiger partial charge in [0.2, 0.25) is 11.8 Å². The van der Waals surface area contributed by atoms with Gasteiger partial charge in [0.05, 0.1) is 19.2 Å². The normalized spacial score (nSPS) is 13.1. The van der Waals surface area contributed by atoms with Gasteiger partial charge in [-0.1, -0.05) is 12.1 Å². The van der Waals surface area contributed by atoms with Crippen LogP contribution in [0.15, 0.2) is 47.1 Å². The minimum absolute atomic E-state index is 0.00218. The summed E-state index contributed by atoms with van der Waals surface area (Å²) >= 11 is 0. The van der Waals surface area contributed by atoms with Gasteiger partial charge in [0.15, 0.2) is 0 Å². The van der Waals surface area contributed by atoms with Crippen molar-refractivity contribution in [2.24, 2.45) is 0 Å². The fraction of sp³-hybridized carbons (Fsp3) is 0.333. The molecule has 0 saturated carbocycles. The maximum Gasteiger partial charge on any atom is 0.239 e. The summed E-state index contributed by atoms with van der Waals surface area (Å²) in [6.07, 6.45) is 0.942. The van der Waals surface area contributed by atoms with Crippen LogP contribution < -0.4 is 10.6 Å². The Balaban J connectivity index is 1.70. The fourth-order valence-corrected chi connectivity index (χ4v) is 2.39. The van der Waals surface area contributed by atoms with Crippen LogP contribution in [0.5, 0.6) is 0 Å². The molecular weight excluding hydrogens is 327 g/mol. The fourth-order valence-electron chi connectivity index (χ4n) is 2.39. The maximum atomic E-state index is 13.1. The van der Waals surface area contributed by atoms with Crippen molar-refractivity contribution in [3.05, 3.63) is 59.8 Å². The van der Waals surface area contributed by atoms with Gasteiger partial charge in [0.1, 0.15) is 17.7 Å². The highest BCUT2D eigenvalue weighted by molar-refractivity contribution is 5.85. The van der Waals surface area contributed by atoms with Gasteiger partial charge in [-0.25, -0.2) is 4.39 Å². The first-order valence-electron chi connectivity index (χ1n) is 7.96. The molecule has 25 heavy (non-hydrogen) atoms. The van der Waals surface area contributed by atoms with E-state index in [1.807, 2.05) is 0 Å². The van der Waals surface area contributed by atoms with Gasteiger partial charge in [-0.05, 0) is 36.8 Å². The number of aliphatic hydroxyl groups excluding tert-OH is 1. The van der Waals surface area contributed by atoms with Crippen molar-refractivity contribution in [3.8, 4) is 0 Å². The van der Waals surface area contributed by atoms with Gasteiger partial charge < -0.3 is 20.2 Å². The Labute approximate surface area is 145 Å². The van der Waals surface area contributed by atoms with E-state index in [1.165, 1.54) is 24.5 Å². The Hall–Kier alpha value is -2.67. The quantitative estimate of drug-likeness (QED) is 0.677. The van der Waals surface area contributed by atoms with E-state index >= 15 is 0 Å². The SMILES string of the molecule is CC(CC(O)c1ccco1)NC(=O)CNC(=O)Cc1cccc(F)c1. The molecule has 0 bridgehead atoms. The van der Waals surface area contributed by atoms with Crippen LogP contribution in [0.2, 0.25) is 0 Å². The number of hydrogen-bond acceptors (Lipinski definition) is 4. The Morgan fingerprint density at radius 1 is 1.24 bits per heavy atom. The van der Waals surface area contributed by atoms with E-state index in [-0.39, 0.29) is 37.2 Å². The van der Waals surface area contributed by atoms with Crippen molar-refractivity contribution in [1.82, 2.24) is 10.6 Å². The lowest BCUT2D eigenvalue weighted by atomic mass is 10.1. The van der Waals surface area contributed by atoms with Crippen molar-refractivity contribution in [1.29, 1.82) is 0 Å².